The molecule has 13 heteroatoms. The van der Waals surface area contributed by atoms with Crippen LogP contribution in [0, 0.1) is 0 Å². The number of piperidine rings is 1. The maximum Gasteiger partial charge on any atom is 0.263 e. The lowest BCUT2D eigenvalue weighted by molar-refractivity contribution is 0.116. The average Bonchev–Trinajstić information content (AvgIpc) is 3.38. The number of pyridine rings is 1. The van der Waals surface area contributed by atoms with Crippen LogP contribution in [0.4, 0.5) is 10.3 Å². The van der Waals surface area contributed by atoms with Crippen molar-refractivity contribution in [2.45, 2.75) is 74.9 Å². The van der Waals surface area contributed by atoms with Gasteiger partial charge in [0.15, 0.2) is 0 Å². The fraction of sp³-hybridized carbons (Fsp3) is 0.581. The molecule has 11 nitrogen and oxygen atoms in total. The summed E-state index contributed by atoms with van der Waals surface area (Å²) >= 11 is 0. The van der Waals surface area contributed by atoms with E-state index in [2.05, 4.69) is 44.0 Å². The molecule has 3 unspecified atom stereocenters. The highest BCUT2D eigenvalue weighted by molar-refractivity contribution is 7.85. The van der Waals surface area contributed by atoms with Gasteiger partial charge in [-0.25, -0.2) is 19.4 Å². The maximum atomic E-state index is 15.2. The zero-order valence-corrected chi connectivity index (χ0v) is 27.0. The molecule has 44 heavy (non-hydrogen) atoms. The molecule has 0 spiro atoms. The third-order valence-electron chi connectivity index (χ3n) is 9.04. The molecule has 2 fully saturated rings. The lowest BCUT2D eigenvalue weighted by atomic mass is 9.96. The van der Waals surface area contributed by atoms with Crippen LogP contribution in [0.3, 0.4) is 0 Å². The summed E-state index contributed by atoms with van der Waals surface area (Å²) in [5, 5.41) is 4.57. The van der Waals surface area contributed by atoms with Crippen LogP contribution in [0.5, 0.6) is 0 Å². The van der Waals surface area contributed by atoms with Crippen molar-refractivity contribution in [1.29, 1.82) is 0 Å². The van der Waals surface area contributed by atoms with Crippen LogP contribution in [0.1, 0.15) is 52.5 Å². The SMILES string of the molecule is CC1CNCCN1C1CCC(=Nc2ncc3cc(-c4nc(S(=O)C5CCN(C)CC5)cn4C)c(=O)n(C(C)C)c3n2)C=C1F. The van der Waals surface area contributed by atoms with Crippen molar-refractivity contribution < 1.29 is 8.60 Å². The fourth-order valence-corrected chi connectivity index (χ4v) is 7.99. The Morgan fingerprint density at radius 2 is 1.91 bits per heavy atom. The Morgan fingerprint density at radius 3 is 2.61 bits per heavy atom. The summed E-state index contributed by atoms with van der Waals surface area (Å²) in [7, 11) is 2.64. The second kappa shape index (κ2) is 12.7. The predicted octanol–water partition coefficient (Wildman–Crippen LogP) is 3.36. The van der Waals surface area contributed by atoms with Gasteiger partial charge in [0.1, 0.15) is 22.3 Å². The van der Waals surface area contributed by atoms with Gasteiger partial charge in [0.2, 0.25) is 0 Å². The number of aromatic nitrogens is 5. The van der Waals surface area contributed by atoms with Crippen LogP contribution in [0.15, 0.2) is 45.2 Å². The largest absolute Gasteiger partial charge is 0.333 e. The van der Waals surface area contributed by atoms with Gasteiger partial charge in [-0.05, 0) is 78.7 Å². The first-order chi connectivity index (χ1) is 21.1. The van der Waals surface area contributed by atoms with Gasteiger partial charge < -0.3 is 14.8 Å². The Kier molecular flexibility index (Phi) is 8.91. The van der Waals surface area contributed by atoms with Gasteiger partial charge in [-0.3, -0.25) is 18.5 Å². The van der Waals surface area contributed by atoms with Crippen molar-refractivity contribution in [2.24, 2.45) is 12.0 Å². The van der Waals surface area contributed by atoms with E-state index in [0.29, 0.717) is 46.0 Å². The standard InChI is InChI=1S/C31H42FN9O2S/c1-19(2)41-28-21(14-24(30(41)42)29-36-27(18-39(29)5)44(43)23-8-11-38(4)12-9-23)17-34-31(37-28)35-22-6-7-26(25(32)15-22)40-13-10-33-16-20(40)3/h14-15,17-20,23,26,33H,6-13,16H2,1-5H3. The van der Waals surface area contributed by atoms with Crippen LogP contribution in [0.2, 0.25) is 0 Å². The van der Waals surface area contributed by atoms with Crippen molar-refractivity contribution >= 4 is 33.5 Å². The number of allylic oxidation sites excluding steroid dienone is 1. The summed E-state index contributed by atoms with van der Waals surface area (Å²) in [4.78, 5) is 36.8. The number of fused-ring (bicyclic) bond motifs is 1. The Labute approximate surface area is 259 Å². The molecule has 5 heterocycles. The van der Waals surface area contributed by atoms with Crippen molar-refractivity contribution in [3.8, 4) is 11.4 Å². The van der Waals surface area contributed by atoms with Crippen molar-refractivity contribution in [2.75, 3.05) is 39.8 Å². The van der Waals surface area contributed by atoms with E-state index >= 15 is 4.39 Å². The number of piperazine rings is 1. The Hall–Kier alpha value is -3.13. The quantitative estimate of drug-likeness (QED) is 0.445. The zero-order valence-electron chi connectivity index (χ0n) is 26.2. The first kappa shape index (κ1) is 30.9. The summed E-state index contributed by atoms with van der Waals surface area (Å²) in [6.07, 6.45) is 7.91. The highest BCUT2D eigenvalue weighted by Crippen LogP contribution is 2.28. The smallest absolute Gasteiger partial charge is 0.263 e. The minimum atomic E-state index is -1.26. The summed E-state index contributed by atoms with van der Waals surface area (Å²) in [6, 6.07) is 1.58. The van der Waals surface area contributed by atoms with Gasteiger partial charge in [0.05, 0.1) is 22.4 Å². The Bertz CT molecular complexity index is 1690. The fourth-order valence-electron chi connectivity index (χ4n) is 6.57. The molecule has 2 aliphatic heterocycles. The normalized spacial score (nSPS) is 24.3. The van der Waals surface area contributed by atoms with Gasteiger partial charge in [-0.2, -0.15) is 4.98 Å². The van der Waals surface area contributed by atoms with Crippen LogP contribution in [-0.4, -0.2) is 101 Å². The van der Waals surface area contributed by atoms with E-state index in [1.165, 1.54) is 6.08 Å². The van der Waals surface area contributed by atoms with Crippen LogP contribution >= 0.6 is 0 Å². The van der Waals surface area contributed by atoms with Crippen molar-refractivity contribution in [1.82, 2.24) is 39.2 Å². The molecule has 0 radical (unpaired) electrons. The monoisotopic (exact) mass is 623 g/mol. The van der Waals surface area contributed by atoms with E-state index < -0.39 is 10.8 Å². The summed E-state index contributed by atoms with van der Waals surface area (Å²) < 4.78 is 32.0. The molecule has 0 saturated carbocycles. The van der Waals surface area contributed by atoms with E-state index in [4.69, 9.17) is 4.98 Å². The lowest BCUT2D eigenvalue weighted by Crippen LogP contribution is -2.54. The number of halogens is 1. The molecular formula is C31H42FN9O2S. The summed E-state index contributed by atoms with van der Waals surface area (Å²) in [5.41, 5.74) is 1.20. The van der Waals surface area contributed by atoms with Crippen molar-refractivity contribution in [3.63, 3.8) is 0 Å². The van der Waals surface area contributed by atoms with E-state index in [1.54, 1.807) is 27.6 Å². The maximum absolute atomic E-state index is 15.2. The number of hydrogen-bond acceptors (Lipinski definition) is 9. The van der Waals surface area contributed by atoms with Crippen LogP contribution in [-0.2, 0) is 17.8 Å². The third-order valence-corrected chi connectivity index (χ3v) is 10.7. The van der Waals surface area contributed by atoms with Gasteiger partial charge in [-0.1, -0.05) is 0 Å². The number of likely N-dealkylation sites (tertiary alicyclic amines) is 1. The summed E-state index contributed by atoms with van der Waals surface area (Å²) in [5.74, 6) is 0.474. The Balaban J connectivity index is 1.31. The molecule has 3 aromatic heterocycles. The molecule has 1 aliphatic carbocycles. The average molecular weight is 624 g/mol. The lowest BCUT2D eigenvalue weighted by Gasteiger charge is -2.40. The minimum absolute atomic E-state index is 0.0512. The second-order valence-electron chi connectivity index (χ2n) is 12.6. The number of nitrogens with zero attached hydrogens (tertiary/aromatic N) is 8. The predicted molar refractivity (Wildman–Crippen MR) is 172 cm³/mol. The number of aliphatic imine (C=N–C) groups is 1. The molecule has 0 aromatic carbocycles. The van der Waals surface area contributed by atoms with Crippen molar-refractivity contribution in [3.05, 3.63) is 40.7 Å². The second-order valence-corrected chi connectivity index (χ2v) is 14.2. The number of imidazole rings is 1. The zero-order chi connectivity index (χ0) is 31.1. The Morgan fingerprint density at radius 1 is 1.14 bits per heavy atom. The first-order valence-corrected chi connectivity index (χ1v) is 16.8. The van der Waals surface area contributed by atoms with Crippen LogP contribution < -0.4 is 10.9 Å². The van der Waals surface area contributed by atoms with E-state index in [0.717, 1.165) is 45.6 Å². The molecule has 236 valence electrons. The topological polar surface area (TPSA) is 114 Å². The molecule has 3 atom stereocenters. The van der Waals surface area contributed by atoms with Crippen LogP contribution in [0.25, 0.3) is 22.4 Å². The molecule has 0 amide bonds. The molecule has 3 aromatic rings. The first-order valence-electron chi connectivity index (χ1n) is 15.6. The van der Waals surface area contributed by atoms with E-state index in [1.807, 2.05) is 20.9 Å². The molecular weight excluding hydrogens is 581 g/mol. The van der Waals surface area contributed by atoms with E-state index in [9.17, 15) is 9.00 Å². The van der Waals surface area contributed by atoms with Gasteiger partial charge in [0, 0.05) is 67.5 Å². The number of rotatable bonds is 6. The highest BCUT2D eigenvalue weighted by Gasteiger charge is 2.32. The van der Waals surface area contributed by atoms with E-state index in [-0.39, 0.29) is 40.7 Å². The number of hydrogen-bond donors (Lipinski definition) is 1. The minimum Gasteiger partial charge on any atom is -0.333 e. The molecule has 1 N–H and O–H groups in total. The summed E-state index contributed by atoms with van der Waals surface area (Å²) in [6.45, 7) is 10.3. The molecule has 2 saturated heterocycles. The van der Waals surface area contributed by atoms with Gasteiger partial charge >= 0.3 is 0 Å². The number of aryl methyl sites for hydroxylation is 1. The number of nitrogens with one attached hydrogen (secondary N) is 1. The molecule has 0 bridgehead atoms. The van der Waals surface area contributed by atoms with Gasteiger partial charge in [0.25, 0.3) is 11.5 Å². The molecule has 6 rings (SSSR count). The molecule has 3 aliphatic rings. The highest BCUT2D eigenvalue weighted by atomic mass is 32.2. The van der Waals surface area contributed by atoms with Gasteiger partial charge in [-0.15, -0.1) is 0 Å². The third kappa shape index (κ3) is 6.07.